The van der Waals surface area contributed by atoms with E-state index in [4.69, 9.17) is 11.6 Å². The molecular formula is C11H16ClFN2O2S. The molecule has 1 rings (SSSR count). The van der Waals surface area contributed by atoms with E-state index in [2.05, 4.69) is 10.0 Å². The first kappa shape index (κ1) is 15.4. The Morgan fingerprint density at radius 3 is 2.67 bits per heavy atom. The van der Waals surface area contributed by atoms with E-state index in [1.807, 2.05) is 0 Å². The summed E-state index contributed by atoms with van der Waals surface area (Å²) >= 11 is 5.64. The van der Waals surface area contributed by atoms with Crippen LogP contribution in [0.2, 0.25) is 5.02 Å². The molecule has 1 aromatic carbocycles. The predicted octanol–water partition coefficient (Wildman–Crippen LogP) is 1.51. The summed E-state index contributed by atoms with van der Waals surface area (Å²) in [4.78, 5) is 0. The average Bonchev–Trinajstić information content (AvgIpc) is 2.24. The number of sulfonamides is 1. The zero-order valence-corrected chi connectivity index (χ0v) is 11.6. The van der Waals surface area contributed by atoms with E-state index in [1.54, 1.807) is 12.1 Å². The first-order valence-corrected chi connectivity index (χ1v) is 7.75. The van der Waals surface area contributed by atoms with Crippen LogP contribution in [0.4, 0.5) is 4.39 Å². The van der Waals surface area contributed by atoms with Crippen LogP contribution in [0.3, 0.4) is 0 Å². The maximum Gasteiger partial charge on any atom is 0.208 e. The van der Waals surface area contributed by atoms with Crippen LogP contribution in [0.25, 0.3) is 0 Å². The Balaban J connectivity index is 2.22. The van der Waals surface area contributed by atoms with Crippen molar-refractivity contribution in [3.8, 4) is 0 Å². The fourth-order valence-electron chi connectivity index (χ4n) is 1.36. The van der Waals surface area contributed by atoms with Crippen molar-refractivity contribution < 1.29 is 12.8 Å². The highest BCUT2D eigenvalue weighted by Gasteiger charge is 2.02. The highest BCUT2D eigenvalue weighted by atomic mass is 35.5. The van der Waals surface area contributed by atoms with Crippen molar-refractivity contribution in [3.05, 3.63) is 34.6 Å². The molecule has 0 unspecified atom stereocenters. The number of hydrogen-bond acceptors (Lipinski definition) is 3. The summed E-state index contributed by atoms with van der Waals surface area (Å²) in [5.41, 5.74) is 0.537. The van der Waals surface area contributed by atoms with E-state index < -0.39 is 10.0 Å². The van der Waals surface area contributed by atoms with Crippen LogP contribution in [0, 0.1) is 5.82 Å². The predicted molar refractivity (Wildman–Crippen MR) is 70.6 cm³/mol. The van der Waals surface area contributed by atoms with Crippen molar-refractivity contribution in [3.63, 3.8) is 0 Å². The monoisotopic (exact) mass is 294 g/mol. The summed E-state index contributed by atoms with van der Waals surface area (Å²) in [5, 5.41) is 3.40. The largest absolute Gasteiger partial charge is 0.313 e. The number of nitrogens with one attached hydrogen (secondary N) is 2. The molecule has 0 amide bonds. The number of hydrogen-bond donors (Lipinski definition) is 2. The van der Waals surface area contributed by atoms with E-state index >= 15 is 0 Å². The van der Waals surface area contributed by atoms with Gasteiger partial charge in [-0.2, -0.15) is 0 Å². The number of rotatable bonds is 7. The van der Waals surface area contributed by atoms with Crippen molar-refractivity contribution in [2.24, 2.45) is 0 Å². The third-order valence-electron chi connectivity index (χ3n) is 2.23. The van der Waals surface area contributed by atoms with Crippen LogP contribution in [0.5, 0.6) is 0 Å². The molecule has 0 aliphatic heterocycles. The van der Waals surface area contributed by atoms with Crippen LogP contribution >= 0.6 is 11.6 Å². The molecule has 0 atom stereocenters. The molecule has 7 heteroatoms. The van der Waals surface area contributed by atoms with Gasteiger partial charge in [-0.1, -0.05) is 17.7 Å². The lowest BCUT2D eigenvalue weighted by Crippen LogP contribution is -2.26. The first-order chi connectivity index (χ1) is 8.38. The minimum Gasteiger partial charge on any atom is -0.313 e. The molecule has 0 aliphatic rings. The minimum atomic E-state index is -3.13. The van der Waals surface area contributed by atoms with Gasteiger partial charge in [-0.25, -0.2) is 17.5 Å². The van der Waals surface area contributed by atoms with Crippen LogP contribution in [0.15, 0.2) is 18.2 Å². The van der Waals surface area contributed by atoms with Gasteiger partial charge >= 0.3 is 0 Å². The highest BCUT2D eigenvalue weighted by Crippen LogP contribution is 2.14. The summed E-state index contributed by atoms with van der Waals surface area (Å²) in [5.74, 6) is -0.343. The van der Waals surface area contributed by atoms with E-state index in [9.17, 15) is 12.8 Å². The molecule has 0 fully saturated rings. The second-order valence-corrected chi connectivity index (χ2v) is 6.20. The smallest absolute Gasteiger partial charge is 0.208 e. The van der Waals surface area contributed by atoms with Gasteiger partial charge in [0.2, 0.25) is 10.0 Å². The second kappa shape index (κ2) is 7.04. The van der Waals surface area contributed by atoms with E-state index in [0.717, 1.165) is 6.26 Å². The Morgan fingerprint density at radius 2 is 2.06 bits per heavy atom. The van der Waals surface area contributed by atoms with Gasteiger partial charge in [0.15, 0.2) is 0 Å². The molecule has 2 N–H and O–H groups in total. The maximum atomic E-state index is 13.4. The van der Waals surface area contributed by atoms with Crippen LogP contribution in [-0.2, 0) is 16.6 Å². The molecule has 0 saturated heterocycles. The molecule has 102 valence electrons. The lowest BCUT2D eigenvalue weighted by Gasteiger charge is -2.06. The number of benzene rings is 1. The van der Waals surface area contributed by atoms with Crippen molar-refractivity contribution in [1.82, 2.24) is 10.0 Å². The van der Waals surface area contributed by atoms with Gasteiger partial charge < -0.3 is 5.32 Å². The number of halogens is 2. The van der Waals surface area contributed by atoms with Gasteiger partial charge in [-0.15, -0.1) is 0 Å². The molecule has 18 heavy (non-hydrogen) atoms. The van der Waals surface area contributed by atoms with Gasteiger partial charge in [0.1, 0.15) is 5.82 Å². The Hall–Kier alpha value is -0.690. The molecule has 0 spiro atoms. The third-order valence-corrected chi connectivity index (χ3v) is 3.19. The molecule has 0 heterocycles. The average molecular weight is 295 g/mol. The van der Waals surface area contributed by atoms with Crippen molar-refractivity contribution in [2.75, 3.05) is 19.3 Å². The molecule has 4 nitrogen and oxygen atoms in total. The van der Waals surface area contributed by atoms with Crippen molar-refractivity contribution in [2.45, 2.75) is 13.0 Å². The summed E-state index contributed by atoms with van der Waals surface area (Å²) in [6.45, 7) is 1.36. The van der Waals surface area contributed by atoms with E-state index in [0.29, 0.717) is 36.6 Å². The quantitative estimate of drug-likeness (QED) is 0.750. The lowest BCUT2D eigenvalue weighted by atomic mass is 10.2. The zero-order valence-electron chi connectivity index (χ0n) is 10.0. The Kier molecular flexibility index (Phi) is 6.01. The third kappa shape index (κ3) is 6.30. The molecule has 0 saturated carbocycles. The fourth-order valence-corrected chi connectivity index (χ4v) is 2.03. The van der Waals surface area contributed by atoms with Crippen LogP contribution in [0.1, 0.15) is 12.0 Å². The van der Waals surface area contributed by atoms with E-state index in [1.165, 1.54) is 6.07 Å². The van der Waals surface area contributed by atoms with Gasteiger partial charge in [0.05, 0.1) is 6.26 Å². The normalized spacial score (nSPS) is 11.7. The lowest BCUT2D eigenvalue weighted by molar-refractivity contribution is 0.570. The second-order valence-electron chi connectivity index (χ2n) is 3.93. The van der Waals surface area contributed by atoms with E-state index in [-0.39, 0.29) is 5.82 Å². The molecule has 0 aromatic heterocycles. The summed E-state index contributed by atoms with van der Waals surface area (Å²) in [6.07, 6.45) is 1.76. The van der Waals surface area contributed by atoms with Crippen molar-refractivity contribution >= 4 is 21.6 Å². The first-order valence-electron chi connectivity index (χ1n) is 5.48. The van der Waals surface area contributed by atoms with Gasteiger partial charge in [0, 0.05) is 23.7 Å². The SMILES string of the molecule is CS(=O)(=O)NCCCNCc1ccc(Cl)cc1F. The fraction of sp³-hybridized carbons (Fsp3) is 0.455. The van der Waals surface area contributed by atoms with Crippen LogP contribution < -0.4 is 10.0 Å². The zero-order chi connectivity index (χ0) is 13.6. The van der Waals surface area contributed by atoms with Gasteiger partial charge in [-0.05, 0) is 25.1 Å². The molecular weight excluding hydrogens is 279 g/mol. The Morgan fingerprint density at radius 1 is 1.33 bits per heavy atom. The molecule has 0 radical (unpaired) electrons. The summed E-state index contributed by atoms with van der Waals surface area (Å²) in [6, 6.07) is 4.52. The molecule has 1 aromatic rings. The Bertz CT molecular complexity index is 494. The topological polar surface area (TPSA) is 58.2 Å². The Labute approximate surface area is 112 Å². The molecule has 0 bridgehead atoms. The summed E-state index contributed by atoms with van der Waals surface area (Å²) < 4.78 is 37.3. The summed E-state index contributed by atoms with van der Waals surface area (Å²) in [7, 11) is -3.13. The minimum absolute atomic E-state index is 0.343. The van der Waals surface area contributed by atoms with Gasteiger partial charge in [0.25, 0.3) is 0 Å². The molecule has 0 aliphatic carbocycles. The standard InChI is InChI=1S/C11H16ClFN2O2S/c1-18(16,17)15-6-2-5-14-8-9-3-4-10(12)7-11(9)13/h3-4,7,14-15H,2,5-6,8H2,1H3. The van der Waals surface area contributed by atoms with Crippen molar-refractivity contribution in [1.29, 1.82) is 0 Å². The highest BCUT2D eigenvalue weighted by molar-refractivity contribution is 7.88. The van der Waals surface area contributed by atoms with Crippen LogP contribution in [-0.4, -0.2) is 27.8 Å². The van der Waals surface area contributed by atoms with Gasteiger partial charge in [-0.3, -0.25) is 0 Å². The maximum absolute atomic E-state index is 13.4.